The number of amides is 1. The minimum absolute atomic E-state index is 0.0872. The molecule has 0 bridgehead atoms. The molecule has 2 aromatic rings. The van der Waals surface area contributed by atoms with Crippen molar-refractivity contribution in [2.45, 2.75) is 52.5 Å². The van der Waals surface area contributed by atoms with Crippen molar-refractivity contribution in [2.75, 3.05) is 26.7 Å². The molecule has 0 radical (unpaired) electrons. The number of nitrogens with zero attached hydrogens (tertiary/aromatic N) is 1. The first-order valence-electron chi connectivity index (χ1n) is 12.3. The molecule has 5 nitrogen and oxygen atoms in total. The SMILES string of the molecule is CNC(=O)C1CN(CC2=C(C)c3ccc(OCc4ccc(C(F)(F)F)c(OC(C)C)c4)cc3CC2)C1. The number of rotatable bonds is 8. The molecule has 0 aromatic heterocycles. The average Bonchev–Trinajstić information content (AvgIpc) is 2.79. The Hall–Kier alpha value is -3.00. The largest absolute Gasteiger partial charge is 0.490 e. The topological polar surface area (TPSA) is 50.8 Å². The van der Waals surface area contributed by atoms with E-state index < -0.39 is 11.7 Å². The standard InChI is InChI=1S/C28H33F3N2O3/c1-17(2)36-26-11-19(5-10-25(26)28(29,30)31)16-35-23-8-9-24-18(3)21(7-6-20(24)12-23)13-33-14-22(15-33)27(34)32-4/h5,8-12,17,22H,6-7,13-16H2,1-4H3,(H,32,34). The van der Waals surface area contributed by atoms with Gasteiger partial charge in [0.05, 0.1) is 17.6 Å². The third kappa shape index (κ3) is 5.86. The number of likely N-dealkylation sites (tertiary alicyclic amines) is 1. The fourth-order valence-electron chi connectivity index (χ4n) is 4.84. The van der Waals surface area contributed by atoms with Crippen LogP contribution in [0.2, 0.25) is 0 Å². The second kappa shape index (κ2) is 10.5. The molecule has 8 heteroatoms. The first-order chi connectivity index (χ1) is 17.0. The molecule has 36 heavy (non-hydrogen) atoms. The van der Waals surface area contributed by atoms with Crippen LogP contribution >= 0.6 is 0 Å². The Morgan fingerprint density at radius 3 is 2.56 bits per heavy atom. The van der Waals surface area contributed by atoms with Crippen molar-refractivity contribution in [3.63, 3.8) is 0 Å². The predicted octanol–water partition coefficient (Wildman–Crippen LogP) is 5.47. The van der Waals surface area contributed by atoms with Crippen LogP contribution in [0.15, 0.2) is 42.0 Å². The number of carbonyl (C=O) groups excluding carboxylic acids is 1. The average molecular weight is 503 g/mol. The van der Waals surface area contributed by atoms with E-state index in [0.29, 0.717) is 11.3 Å². The number of hydrogen-bond donors (Lipinski definition) is 1. The number of aryl methyl sites for hydroxylation is 1. The van der Waals surface area contributed by atoms with Gasteiger partial charge >= 0.3 is 6.18 Å². The van der Waals surface area contributed by atoms with Crippen LogP contribution in [0, 0.1) is 5.92 Å². The molecule has 1 fully saturated rings. The Morgan fingerprint density at radius 1 is 1.14 bits per heavy atom. The van der Waals surface area contributed by atoms with Gasteiger partial charge in [0.25, 0.3) is 0 Å². The predicted molar refractivity (Wildman–Crippen MR) is 133 cm³/mol. The van der Waals surface area contributed by atoms with E-state index in [1.807, 2.05) is 12.1 Å². The fourth-order valence-corrected chi connectivity index (χ4v) is 4.84. The van der Waals surface area contributed by atoms with Gasteiger partial charge in [-0.05, 0) is 80.1 Å². The van der Waals surface area contributed by atoms with Gasteiger partial charge < -0.3 is 14.8 Å². The summed E-state index contributed by atoms with van der Waals surface area (Å²) >= 11 is 0. The van der Waals surface area contributed by atoms with E-state index in [4.69, 9.17) is 9.47 Å². The maximum Gasteiger partial charge on any atom is 0.419 e. The lowest BCUT2D eigenvalue weighted by molar-refractivity contribution is -0.139. The normalized spacial score (nSPS) is 16.6. The summed E-state index contributed by atoms with van der Waals surface area (Å²) in [4.78, 5) is 14.0. The van der Waals surface area contributed by atoms with Gasteiger partial charge in [-0.15, -0.1) is 0 Å². The van der Waals surface area contributed by atoms with Crippen molar-refractivity contribution in [3.8, 4) is 11.5 Å². The highest BCUT2D eigenvalue weighted by Crippen LogP contribution is 2.38. The van der Waals surface area contributed by atoms with E-state index in [9.17, 15) is 18.0 Å². The van der Waals surface area contributed by atoms with Crippen LogP contribution in [0.1, 0.15) is 49.4 Å². The molecule has 1 heterocycles. The van der Waals surface area contributed by atoms with E-state index >= 15 is 0 Å². The summed E-state index contributed by atoms with van der Waals surface area (Å²) in [6.45, 7) is 8.15. The lowest BCUT2D eigenvalue weighted by atomic mass is 9.85. The highest BCUT2D eigenvalue weighted by Gasteiger charge is 2.35. The molecule has 1 amide bonds. The van der Waals surface area contributed by atoms with Crippen LogP contribution in [0.5, 0.6) is 11.5 Å². The van der Waals surface area contributed by atoms with Crippen molar-refractivity contribution in [1.82, 2.24) is 10.2 Å². The summed E-state index contributed by atoms with van der Waals surface area (Å²) in [6, 6.07) is 9.88. The number of benzene rings is 2. The minimum Gasteiger partial charge on any atom is -0.490 e. The first kappa shape index (κ1) is 26.1. The summed E-state index contributed by atoms with van der Waals surface area (Å²) in [7, 11) is 1.68. The number of carbonyl (C=O) groups is 1. The van der Waals surface area contributed by atoms with Gasteiger partial charge in [0, 0.05) is 26.7 Å². The number of nitrogens with one attached hydrogen (secondary N) is 1. The van der Waals surface area contributed by atoms with Crippen LogP contribution in [0.3, 0.4) is 0 Å². The maximum absolute atomic E-state index is 13.3. The van der Waals surface area contributed by atoms with Gasteiger partial charge in [0.2, 0.25) is 5.91 Å². The summed E-state index contributed by atoms with van der Waals surface area (Å²) in [5, 5.41) is 2.72. The van der Waals surface area contributed by atoms with Gasteiger partial charge in [0.1, 0.15) is 18.1 Å². The second-order valence-corrected chi connectivity index (χ2v) is 9.84. The molecule has 0 saturated carbocycles. The quantitative estimate of drug-likeness (QED) is 0.520. The summed E-state index contributed by atoms with van der Waals surface area (Å²) in [5.74, 6) is 0.705. The van der Waals surface area contributed by atoms with Gasteiger partial charge in [-0.25, -0.2) is 0 Å². The molecule has 2 aliphatic rings. The van der Waals surface area contributed by atoms with Gasteiger partial charge in [-0.1, -0.05) is 17.7 Å². The number of hydrogen-bond acceptors (Lipinski definition) is 4. The summed E-state index contributed by atoms with van der Waals surface area (Å²) in [5.41, 5.74) is 4.90. The van der Waals surface area contributed by atoms with Gasteiger partial charge in [-0.3, -0.25) is 9.69 Å². The summed E-state index contributed by atoms with van der Waals surface area (Å²) in [6.07, 6.45) is -2.99. The Morgan fingerprint density at radius 2 is 1.89 bits per heavy atom. The third-order valence-corrected chi connectivity index (χ3v) is 6.82. The number of ether oxygens (including phenoxy) is 2. The lowest BCUT2D eigenvalue weighted by Crippen LogP contribution is -2.53. The number of fused-ring (bicyclic) bond motifs is 1. The van der Waals surface area contributed by atoms with Crippen LogP contribution in [0.25, 0.3) is 5.57 Å². The molecule has 0 atom stereocenters. The van der Waals surface area contributed by atoms with E-state index in [-0.39, 0.29) is 30.3 Å². The smallest absolute Gasteiger partial charge is 0.419 e. The van der Waals surface area contributed by atoms with Crippen LogP contribution in [0.4, 0.5) is 13.2 Å². The summed E-state index contributed by atoms with van der Waals surface area (Å²) < 4.78 is 51.3. The van der Waals surface area contributed by atoms with E-state index in [1.165, 1.54) is 34.4 Å². The molecule has 1 saturated heterocycles. The Bertz CT molecular complexity index is 1150. The molecule has 194 valence electrons. The van der Waals surface area contributed by atoms with Crippen molar-refractivity contribution < 1.29 is 27.4 Å². The van der Waals surface area contributed by atoms with E-state index in [0.717, 1.165) is 38.5 Å². The van der Waals surface area contributed by atoms with Crippen molar-refractivity contribution in [1.29, 1.82) is 0 Å². The highest BCUT2D eigenvalue weighted by molar-refractivity contribution is 5.79. The third-order valence-electron chi connectivity index (χ3n) is 6.82. The zero-order chi connectivity index (χ0) is 26.0. The number of allylic oxidation sites excluding steroid dienone is 1. The molecular weight excluding hydrogens is 469 g/mol. The molecule has 1 N–H and O–H groups in total. The number of alkyl halides is 3. The fraction of sp³-hybridized carbons (Fsp3) is 0.464. The Balaban J connectivity index is 1.41. The van der Waals surface area contributed by atoms with E-state index in [2.05, 4.69) is 23.2 Å². The van der Waals surface area contributed by atoms with Gasteiger partial charge in [-0.2, -0.15) is 13.2 Å². The Kier molecular flexibility index (Phi) is 7.64. The molecule has 4 rings (SSSR count). The molecule has 2 aromatic carbocycles. The van der Waals surface area contributed by atoms with Crippen LogP contribution in [-0.2, 0) is 24.0 Å². The Labute approximate surface area is 210 Å². The van der Waals surface area contributed by atoms with E-state index in [1.54, 1.807) is 20.9 Å². The minimum atomic E-state index is -4.48. The monoisotopic (exact) mass is 502 g/mol. The molecule has 1 aliphatic carbocycles. The van der Waals surface area contributed by atoms with Crippen molar-refractivity contribution in [2.24, 2.45) is 5.92 Å². The molecule has 0 unspecified atom stereocenters. The molecule has 0 spiro atoms. The van der Waals surface area contributed by atoms with Crippen molar-refractivity contribution >= 4 is 11.5 Å². The zero-order valence-corrected chi connectivity index (χ0v) is 21.2. The molecule has 1 aliphatic heterocycles. The van der Waals surface area contributed by atoms with Crippen molar-refractivity contribution in [3.05, 3.63) is 64.2 Å². The highest BCUT2D eigenvalue weighted by atomic mass is 19.4. The maximum atomic E-state index is 13.3. The first-order valence-corrected chi connectivity index (χ1v) is 12.3. The lowest BCUT2D eigenvalue weighted by Gasteiger charge is -2.39. The van der Waals surface area contributed by atoms with Crippen LogP contribution < -0.4 is 14.8 Å². The molecular formula is C28H33F3N2O3. The zero-order valence-electron chi connectivity index (χ0n) is 21.2. The number of halogens is 3. The van der Waals surface area contributed by atoms with Gasteiger partial charge in [0.15, 0.2) is 0 Å². The second-order valence-electron chi connectivity index (χ2n) is 9.84. The van der Waals surface area contributed by atoms with Crippen LogP contribution in [-0.4, -0.2) is 43.6 Å².